The SMILES string of the molecule is Nc1ncnc(N2CCCN(C(=O)c3cccs3)CC2)c1Cl. The van der Waals surface area contributed by atoms with Gasteiger partial charge in [0.15, 0.2) is 5.82 Å². The van der Waals surface area contributed by atoms with Crippen molar-refractivity contribution in [3.8, 4) is 0 Å². The highest BCUT2D eigenvalue weighted by Gasteiger charge is 2.23. The smallest absolute Gasteiger partial charge is 0.263 e. The molecular formula is C14H16ClN5OS. The van der Waals surface area contributed by atoms with Crippen LogP contribution in [0.3, 0.4) is 0 Å². The van der Waals surface area contributed by atoms with Crippen LogP contribution in [0, 0.1) is 0 Å². The van der Waals surface area contributed by atoms with Crippen molar-refractivity contribution in [3.05, 3.63) is 33.7 Å². The Balaban J connectivity index is 1.72. The molecule has 3 heterocycles. The van der Waals surface area contributed by atoms with E-state index in [0.29, 0.717) is 23.9 Å². The van der Waals surface area contributed by atoms with Crippen molar-refractivity contribution in [2.45, 2.75) is 6.42 Å². The number of carbonyl (C=O) groups is 1. The second kappa shape index (κ2) is 6.50. The maximum atomic E-state index is 12.4. The van der Waals surface area contributed by atoms with Crippen molar-refractivity contribution in [1.29, 1.82) is 0 Å². The summed E-state index contributed by atoms with van der Waals surface area (Å²) in [5.74, 6) is 1.01. The minimum Gasteiger partial charge on any atom is -0.382 e. The predicted octanol–water partition coefficient (Wildman–Crippen LogP) is 2.13. The summed E-state index contributed by atoms with van der Waals surface area (Å²) in [6.45, 7) is 2.82. The minimum absolute atomic E-state index is 0.0881. The second-order valence-corrected chi connectivity index (χ2v) is 6.33. The van der Waals surface area contributed by atoms with Gasteiger partial charge < -0.3 is 15.5 Å². The fraction of sp³-hybridized carbons (Fsp3) is 0.357. The average Bonchev–Trinajstić information content (AvgIpc) is 2.94. The summed E-state index contributed by atoms with van der Waals surface area (Å²) in [5.41, 5.74) is 5.73. The van der Waals surface area contributed by atoms with Crippen LogP contribution in [0.4, 0.5) is 11.6 Å². The van der Waals surface area contributed by atoms with Crippen LogP contribution >= 0.6 is 22.9 Å². The Morgan fingerprint density at radius 3 is 2.91 bits per heavy atom. The molecule has 1 fully saturated rings. The number of nitrogens with zero attached hydrogens (tertiary/aromatic N) is 4. The Hall–Kier alpha value is -1.86. The zero-order valence-corrected chi connectivity index (χ0v) is 13.5. The number of hydrogen-bond acceptors (Lipinski definition) is 6. The fourth-order valence-electron chi connectivity index (χ4n) is 2.48. The number of carbonyl (C=O) groups excluding carboxylic acids is 1. The molecule has 0 aromatic carbocycles. The van der Waals surface area contributed by atoms with Crippen LogP contribution in [0.5, 0.6) is 0 Å². The summed E-state index contributed by atoms with van der Waals surface area (Å²) in [5, 5.41) is 2.29. The Morgan fingerprint density at radius 1 is 1.27 bits per heavy atom. The van der Waals surface area contributed by atoms with Crippen LogP contribution in [0.2, 0.25) is 5.02 Å². The highest BCUT2D eigenvalue weighted by Crippen LogP contribution is 2.27. The standard InChI is InChI=1S/C14H16ClN5OS/c15-11-12(16)17-9-18-13(11)19-4-2-5-20(7-6-19)14(21)10-3-1-8-22-10/h1,3,8-9H,2,4-7H2,(H2,16,17,18). The van der Waals surface area contributed by atoms with E-state index in [1.54, 1.807) is 0 Å². The number of nitrogens with two attached hydrogens (primary N) is 1. The molecule has 6 nitrogen and oxygen atoms in total. The monoisotopic (exact) mass is 337 g/mol. The van der Waals surface area contributed by atoms with Gasteiger partial charge >= 0.3 is 0 Å². The van der Waals surface area contributed by atoms with E-state index in [2.05, 4.69) is 14.9 Å². The maximum Gasteiger partial charge on any atom is 0.263 e. The Bertz CT molecular complexity index is 663. The van der Waals surface area contributed by atoms with Crippen molar-refractivity contribution >= 4 is 40.5 Å². The molecule has 0 unspecified atom stereocenters. The molecule has 2 N–H and O–H groups in total. The maximum absolute atomic E-state index is 12.4. The van der Waals surface area contributed by atoms with E-state index >= 15 is 0 Å². The van der Waals surface area contributed by atoms with E-state index in [0.717, 1.165) is 24.4 Å². The van der Waals surface area contributed by atoms with Gasteiger partial charge in [-0.25, -0.2) is 9.97 Å². The lowest BCUT2D eigenvalue weighted by Crippen LogP contribution is -2.35. The first-order valence-electron chi connectivity index (χ1n) is 7.00. The largest absolute Gasteiger partial charge is 0.382 e. The van der Waals surface area contributed by atoms with Crippen LogP contribution in [0.25, 0.3) is 0 Å². The van der Waals surface area contributed by atoms with Crippen LogP contribution in [-0.4, -0.2) is 47.0 Å². The third-order valence-corrected chi connectivity index (χ3v) is 4.83. The summed E-state index contributed by atoms with van der Waals surface area (Å²) in [6.07, 6.45) is 2.27. The molecule has 3 rings (SSSR count). The van der Waals surface area contributed by atoms with Crippen molar-refractivity contribution in [3.63, 3.8) is 0 Å². The van der Waals surface area contributed by atoms with Crippen LogP contribution in [0.1, 0.15) is 16.1 Å². The van der Waals surface area contributed by atoms with Gasteiger partial charge in [0.1, 0.15) is 17.2 Å². The number of hydrogen-bond donors (Lipinski definition) is 1. The molecule has 0 saturated carbocycles. The number of halogens is 1. The molecule has 2 aromatic heterocycles. The van der Waals surface area contributed by atoms with Gasteiger partial charge in [0.2, 0.25) is 0 Å². The van der Waals surface area contributed by atoms with Crippen LogP contribution < -0.4 is 10.6 Å². The van der Waals surface area contributed by atoms with Crippen molar-refractivity contribution in [1.82, 2.24) is 14.9 Å². The van der Waals surface area contributed by atoms with Gasteiger partial charge in [0, 0.05) is 26.2 Å². The fourth-order valence-corrected chi connectivity index (χ4v) is 3.39. The molecule has 0 radical (unpaired) electrons. The van der Waals surface area contributed by atoms with E-state index < -0.39 is 0 Å². The number of thiophene rings is 1. The Labute approximate surface area is 137 Å². The quantitative estimate of drug-likeness (QED) is 0.908. The number of anilines is 2. The van der Waals surface area contributed by atoms with Crippen molar-refractivity contribution in [2.75, 3.05) is 36.8 Å². The van der Waals surface area contributed by atoms with Crippen molar-refractivity contribution in [2.24, 2.45) is 0 Å². The molecule has 116 valence electrons. The summed E-state index contributed by atoms with van der Waals surface area (Å²) >= 11 is 7.66. The highest BCUT2D eigenvalue weighted by atomic mass is 35.5. The molecular weight excluding hydrogens is 322 g/mol. The third kappa shape index (κ3) is 3.00. The first-order valence-corrected chi connectivity index (χ1v) is 8.26. The van der Waals surface area contributed by atoms with E-state index in [1.807, 2.05) is 22.4 Å². The highest BCUT2D eigenvalue weighted by molar-refractivity contribution is 7.12. The molecule has 22 heavy (non-hydrogen) atoms. The second-order valence-electron chi connectivity index (χ2n) is 5.01. The molecule has 0 spiro atoms. The van der Waals surface area contributed by atoms with Crippen LogP contribution in [-0.2, 0) is 0 Å². The summed E-state index contributed by atoms with van der Waals surface area (Å²) in [6, 6.07) is 3.75. The number of amides is 1. The first kappa shape index (κ1) is 15.1. The van der Waals surface area contributed by atoms with E-state index in [9.17, 15) is 4.79 Å². The van der Waals surface area contributed by atoms with E-state index in [-0.39, 0.29) is 11.7 Å². The number of aromatic nitrogens is 2. The number of rotatable bonds is 2. The van der Waals surface area contributed by atoms with Gasteiger partial charge in [-0.2, -0.15) is 0 Å². The summed E-state index contributed by atoms with van der Waals surface area (Å²) in [7, 11) is 0. The lowest BCUT2D eigenvalue weighted by atomic mass is 10.3. The van der Waals surface area contributed by atoms with Gasteiger partial charge in [-0.3, -0.25) is 4.79 Å². The summed E-state index contributed by atoms with van der Waals surface area (Å²) < 4.78 is 0. The normalized spacial score (nSPS) is 15.7. The van der Waals surface area contributed by atoms with Crippen LogP contribution in [0.15, 0.2) is 23.8 Å². The molecule has 0 aliphatic carbocycles. The Kier molecular flexibility index (Phi) is 4.44. The lowest BCUT2D eigenvalue weighted by molar-refractivity contribution is 0.0772. The molecule has 1 amide bonds. The third-order valence-electron chi connectivity index (χ3n) is 3.61. The van der Waals surface area contributed by atoms with Gasteiger partial charge in [-0.05, 0) is 17.9 Å². The minimum atomic E-state index is 0.0881. The zero-order valence-electron chi connectivity index (χ0n) is 11.9. The average molecular weight is 338 g/mol. The Morgan fingerprint density at radius 2 is 2.14 bits per heavy atom. The number of nitrogen functional groups attached to an aromatic ring is 1. The van der Waals surface area contributed by atoms with Gasteiger partial charge in [0.25, 0.3) is 5.91 Å². The molecule has 1 saturated heterocycles. The molecule has 1 aliphatic heterocycles. The molecule has 1 aliphatic rings. The van der Waals surface area contributed by atoms with Gasteiger partial charge in [-0.1, -0.05) is 17.7 Å². The first-order chi connectivity index (χ1) is 10.7. The molecule has 0 atom stereocenters. The predicted molar refractivity (Wildman–Crippen MR) is 88.5 cm³/mol. The van der Waals surface area contributed by atoms with E-state index in [1.165, 1.54) is 17.7 Å². The summed E-state index contributed by atoms with van der Waals surface area (Å²) in [4.78, 5) is 25.2. The molecule has 2 aromatic rings. The van der Waals surface area contributed by atoms with Gasteiger partial charge in [-0.15, -0.1) is 11.3 Å². The zero-order chi connectivity index (χ0) is 15.5. The molecule has 8 heteroatoms. The molecule has 0 bridgehead atoms. The lowest BCUT2D eigenvalue weighted by Gasteiger charge is -2.23. The van der Waals surface area contributed by atoms with E-state index in [4.69, 9.17) is 17.3 Å². The topological polar surface area (TPSA) is 75.3 Å². The van der Waals surface area contributed by atoms with Crippen molar-refractivity contribution < 1.29 is 4.79 Å². The van der Waals surface area contributed by atoms with Gasteiger partial charge in [0.05, 0.1) is 4.88 Å².